The molecule has 1 heterocycles. The number of hydrogen-bond donors (Lipinski definition) is 1. The minimum atomic E-state index is -0.511. The summed E-state index contributed by atoms with van der Waals surface area (Å²) in [4.78, 5) is 26.5. The van der Waals surface area contributed by atoms with E-state index < -0.39 is 6.04 Å². The number of anilines is 2. The summed E-state index contributed by atoms with van der Waals surface area (Å²) in [6.07, 6.45) is 0.181. The summed E-state index contributed by atoms with van der Waals surface area (Å²) >= 11 is 0. The normalized spacial score (nSPS) is 17.7. The molecule has 1 atom stereocenters. The second-order valence-electron chi connectivity index (χ2n) is 6.00. The summed E-state index contributed by atoms with van der Waals surface area (Å²) < 4.78 is 0. The van der Waals surface area contributed by atoms with Crippen LogP contribution >= 0.6 is 0 Å². The van der Waals surface area contributed by atoms with E-state index in [1.54, 1.807) is 0 Å². The molecule has 0 unspecified atom stereocenters. The van der Waals surface area contributed by atoms with Gasteiger partial charge in [0.15, 0.2) is 0 Å². The predicted molar refractivity (Wildman–Crippen MR) is 91.6 cm³/mol. The maximum atomic E-state index is 12.7. The van der Waals surface area contributed by atoms with Gasteiger partial charge in [0, 0.05) is 5.69 Å². The van der Waals surface area contributed by atoms with Gasteiger partial charge in [-0.3, -0.25) is 9.59 Å². The first kappa shape index (κ1) is 15.3. The maximum absolute atomic E-state index is 12.7. The third-order valence-corrected chi connectivity index (χ3v) is 4.44. The lowest BCUT2D eigenvalue weighted by atomic mass is 10.1. The molecule has 4 nitrogen and oxygen atoms in total. The number of imide groups is 1. The Morgan fingerprint density at radius 1 is 0.957 bits per heavy atom. The topological polar surface area (TPSA) is 49.4 Å². The van der Waals surface area contributed by atoms with Gasteiger partial charge >= 0.3 is 0 Å². The smallest absolute Gasteiger partial charge is 0.256 e. The molecule has 0 bridgehead atoms. The Morgan fingerprint density at radius 2 is 1.65 bits per heavy atom. The summed E-state index contributed by atoms with van der Waals surface area (Å²) in [5, 5.41) is 3.21. The van der Waals surface area contributed by atoms with Crippen molar-refractivity contribution in [2.75, 3.05) is 10.2 Å². The lowest BCUT2D eigenvalue weighted by molar-refractivity contribution is -0.121. The van der Waals surface area contributed by atoms with Crippen LogP contribution in [-0.4, -0.2) is 17.9 Å². The number of benzene rings is 2. The van der Waals surface area contributed by atoms with Crippen molar-refractivity contribution in [3.63, 3.8) is 0 Å². The average Bonchev–Trinajstić information content (AvgIpc) is 2.79. The molecule has 2 amide bonds. The van der Waals surface area contributed by atoms with Gasteiger partial charge < -0.3 is 5.32 Å². The molecule has 1 aliphatic rings. The van der Waals surface area contributed by atoms with Gasteiger partial charge in [-0.05, 0) is 49.6 Å². The monoisotopic (exact) mass is 308 g/mol. The Labute approximate surface area is 136 Å². The van der Waals surface area contributed by atoms with E-state index in [0.29, 0.717) is 5.69 Å². The number of rotatable bonds is 3. The van der Waals surface area contributed by atoms with Crippen molar-refractivity contribution in [3.05, 3.63) is 59.2 Å². The van der Waals surface area contributed by atoms with Crippen LogP contribution in [0.3, 0.4) is 0 Å². The molecule has 4 heteroatoms. The predicted octanol–water partition coefficient (Wildman–Crippen LogP) is 3.36. The molecule has 1 N–H and O–H groups in total. The Kier molecular flexibility index (Phi) is 3.90. The van der Waals surface area contributed by atoms with E-state index in [4.69, 9.17) is 0 Å². The Morgan fingerprint density at radius 3 is 2.39 bits per heavy atom. The van der Waals surface area contributed by atoms with Crippen LogP contribution in [0.4, 0.5) is 11.4 Å². The molecule has 0 radical (unpaired) electrons. The minimum absolute atomic E-state index is 0.158. The second-order valence-corrected chi connectivity index (χ2v) is 6.00. The lowest BCUT2D eigenvalue weighted by Crippen LogP contribution is -2.35. The van der Waals surface area contributed by atoms with Crippen molar-refractivity contribution >= 4 is 23.2 Å². The summed E-state index contributed by atoms with van der Waals surface area (Å²) in [6.45, 7) is 5.90. The molecule has 0 saturated carbocycles. The number of aryl methyl sites for hydroxylation is 2. The zero-order chi connectivity index (χ0) is 16.6. The third kappa shape index (κ3) is 2.72. The van der Waals surface area contributed by atoms with E-state index in [1.807, 2.05) is 63.2 Å². The van der Waals surface area contributed by atoms with Crippen LogP contribution in [0.5, 0.6) is 0 Å². The van der Waals surface area contributed by atoms with E-state index in [9.17, 15) is 9.59 Å². The first-order valence-corrected chi connectivity index (χ1v) is 7.74. The average molecular weight is 308 g/mol. The Bertz CT molecular complexity index is 783. The number of carbonyl (C=O) groups is 2. The molecule has 0 aliphatic carbocycles. The summed E-state index contributed by atoms with van der Waals surface area (Å²) in [7, 11) is 0. The summed E-state index contributed by atoms with van der Waals surface area (Å²) in [6, 6.07) is 12.9. The molecule has 23 heavy (non-hydrogen) atoms. The van der Waals surface area contributed by atoms with Crippen LogP contribution in [0, 0.1) is 20.8 Å². The number of nitrogens with zero attached hydrogens (tertiary/aromatic N) is 1. The van der Waals surface area contributed by atoms with Crippen molar-refractivity contribution in [2.45, 2.75) is 33.2 Å². The zero-order valence-corrected chi connectivity index (χ0v) is 13.6. The van der Waals surface area contributed by atoms with Crippen LogP contribution in [0.2, 0.25) is 0 Å². The molecule has 0 spiro atoms. The van der Waals surface area contributed by atoms with Crippen molar-refractivity contribution in [1.29, 1.82) is 0 Å². The fourth-order valence-electron chi connectivity index (χ4n) is 2.90. The number of carbonyl (C=O) groups excluding carboxylic acids is 2. The minimum Gasteiger partial charge on any atom is -0.373 e. The van der Waals surface area contributed by atoms with Crippen LogP contribution in [0.25, 0.3) is 0 Å². The summed E-state index contributed by atoms with van der Waals surface area (Å²) in [5.74, 6) is -0.346. The van der Waals surface area contributed by atoms with E-state index in [0.717, 1.165) is 22.4 Å². The van der Waals surface area contributed by atoms with Crippen molar-refractivity contribution in [3.8, 4) is 0 Å². The fraction of sp³-hybridized carbons (Fsp3) is 0.263. The maximum Gasteiger partial charge on any atom is 0.256 e. The standard InChI is InChI=1S/C19H20N2O2/c1-12-8-6-10-17(14(12)3)21-18(22)11-16(19(21)23)20-15-9-5-4-7-13(15)2/h4-10,16,20H,11H2,1-3H3/t16-/m1/s1. The first-order chi connectivity index (χ1) is 11.0. The zero-order valence-electron chi connectivity index (χ0n) is 13.6. The summed E-state index contributed by atoms with van der Waals surface area (Å²) in [5.41, 5.74) is 4.66. The highest BCUT2D eigenvalue weighted by molar-refractivity contribution is 6.23. The van der Waals surface area contributed by atoms with Gasteiger partial charge in [0.05, 0.1) is 12.1 Å². The highest BCUT2D eigenvalue weighted by atomic mass is 16.2. The number of amides is 2. The van der Waals surface area contributed by atoms with Crippen LogP contribution in [-0.2, 0) is 9.59 Å². The van der Waals surface area contributed by atoms with Gasteiger partial charge in [0.1, 0.15) is 6.04 Å². The van der Waals surface area contributed by atoms with Crippen molar-refractivity contribution < 1.29 is 9.59 Å². The molecule has 2 aromatic carbocycles. The van der Waals surface area contributed by atoms with E-state index in [1.165, 1.54) is 4.90 Å². The quantitative estimate of drug-likeness (QED) is 0.885. The van der Waals surface area contributed by atoms with Gasteiger partial charge in [-0.25, -0.2) is 4.90 Å². The molecule has 0 aromatic heterocycles. The van der Waals surface area contributed by atoms with Crippen LogP contribution in [0.1, 0.15) is 23.1 Å². The highest BCUT2D eigenvalue weighted by Crippen LogP contribution is 2.29. The van der Waals surface area contributed by atoms with E-state index in [2.05, 4.69) is 5.32 Å². The van der Waals surface area contributed by atoms with E-state index in [-0.39, 0.29) is 18.2 Å². The molecule has 1 saturated heterocycles. The van der Waals surface area contributed by atoms with Gasteiger partial charge in [-0.1, -0.05) is 30.3 Å². The second kappa shape index (κ2) is 5.88. The molecular weight excluding hydrogens is 288 g/mol. The van der Waals surface area contributed by atoms with Crippen LogP contribution in [0.15, 0.2) is 42.5 Å². The highest BCUT2D eigenvalue weighted by Gasteiger charge is 2.40. The molecule has 3 rings (SSSR count). The lowest BCUT2D eigenvalue weighted by Gasteiger charge is -2.19. The molecule has 1 fully saturated rings. The third-order valence-electron chi connectivity index (χ3n) is 4.44. The first-order valence-electron chi connectivity index (χ1n) is 7.74. The fourth-order valence-corrected chi connectivity index (χ4v) is 2.90. The largest absolute Gasteiger partial charge is 0.373 e. The number of para-hydroxylation sites is 1. The van der Waals surface area contributed by atoms with Gasteiger partial charge in [0.2, 0.25) is 5.91 Å². The Hall–Kier alpha value is -2.62. The molecular formula is C19H20N2O2. The van der Waals surface area contributed by atoms with Crippen LogP contribution < -0.4 is 10.2 Å². The van der Waals surface area contributed by atoms with E-state index >= 15 is 0 Å². The van der Waals surface area contributed by atoms with Gasteiger partial charge in [-0.15, -0.1) is 0 Å². The molecule has 1 aliphatic heterocycles. The van der Waals surface area contributed by atoms with Crippen molar-refractivity contribution in [2.24, 2.45) is 0 Å². The SMILES string of the molecule is Cc1ccccc1N[C@@H]1CC(=O)N(c2cccc(C)c2C)C1=O. The van der Waals surface area contributed by atoms with Gasteiger partial charge in [0.25, 0.3) is 5.91 Å². The number of nitrogens with one attached hydrogen (secondary N) is 1. The molecule has 2 aromatic rings. The van der Waals surface area contributed by atoms with Gasteiger partial charge in [-0.2, -0.15) is 0 Å². The molecule has 118 valence electrons. The van der Waals surface area contributed by atoms with Crippen molar-refractivity contribution in [1.82, 2.24) is 0 Å². The number of hydrogen-bond acceptors (Lipinski definition) is 3. The Balaban J connectivity index is 1.89.